The number of alkyl halides is 3. The number of alkyl carbamates (subject to hydrolysis) is 1. The van der Waals surface area contributed by atoms with Gasteiger partial charge >= 0.3 is 12.5 Å². The molecule has 0 aliphatic rings. The molecule has 34 heavy (non-hydrogen) atoms. The fourth-order valence-electron chi connectivity index (χ4n) is 3.05. The van der Waals surface area contributed by atoms with E-state index < -0.39 is 18.1 Å². The highest BCUT2D eigenvalue weighted by Gasteiger charge is 2.31. The number of carbonyl (C=O) groups is 1. The molecular weight excluding hydrogens is 465 g/mol. The van der Waals surface area contributed by atoms with Crippen LogP contribution in [0.1, 0.15) is 44.4 Å². The van der Waals surface area contributed by atoms with Gasteiger partial charge in [-0.15, -0.1) is 30.9 Å². The Balaban J connectivity index is 2.49. The monoisotopic (exact) mass is 490 g/mol. The minimum absolute atomic E-state index is 0.0351. The van der Waals surface area contributed by atoms with Crippen LogP contribution in [0.2, 0.25) is 0 Å². The van der Waals surface area contributed by atoms with E-state index in [4.69, 9.17) is 4.74 Å². The van der Waals surface area contributed by atoms with Crippen LogP contribution in [-0.4, -0.2) is 23.8 Å². The number of amides is 1. The van der Waals surface area contributed by atoms with Crippen LogP contribution in [0.5, 0.6) is 5.75 Å². The van der Waals surface area contributed by atoms with Gasteiger partial charge in [-0.2, -0.15) is 5.26 Å². The van der Waals surface area contributed by atoms with Crippen LogP contribution in [0.4, 0.5) is 18.0 Å². The maximum Gasteiger partial charge on any atom is 0.573 e. The van der Waals surface area contributed by atoms with Crippen molar-refractivity contribution >= 4 is 17.9 Å². The van der Waals surface area contributed by atoms with E-state index >= 15 is 0 Å². The summed E-state index contributed by atoms with van der Waals surface area (Å²) >= 11 is 1.39. The van der Waals surface area contributed by atoms with Crippen LogP contribution in [0.3, 0.4) is 0 Å². The highest BCUT2D eigenvalue weighted by molar-refractivity contribution is 7.99. The number of halogens is 3. The number of nitrogens with zero attached hydrogens (tertiary/aromatic N) is 1. The molecule has 0 saturated carbocycles. The van der Waals surface area contributed by atoms with Gasteiger partial charge in [0.15, 0.2) is 0 Å². The van der Waals surface area contributed by atoms with Crippen molar-refractivity contribution in [2.45, 2.75) is 58.0 Å². The van der Waals surface area contributed by atoms with Crippen molar-refractivity contribution in [1.82, 2.24) is 5.32 Å². The Morgan fingerprint density at radius 1 is 1.18 bits per heavy atom. The Morgan fingerprint density at radius 3 is 2.35 bits per heavy atom. The van der Waals surface area contributed by atoms with Crippen LogP contribution in [0.25, 0.3) is 11.1 Å². The van der Waals surface area contributed by atoms with Crippen molar-refractivity contribution in [2.75, 3.05) is 5.75 Å². The molecule has 0 fully saturated rings. The van der Waals surface area contributed by atoms with Crippen molar-refractivity contribution in [3.8, 4) is 34.8 Å². The fraction of sp³-hybridized carbons (Fsp3) is 0.360. The van der Waals surface area contributed by atoms with Crippen LogP contribution in [-0.2, 0) is 11.3 Å². The zero-order chi connectivity index (χ0) is 25.5. The molecule has 0 radical (unpaired) electrons. The lowest BCUT2D eigenvalue weighted by atomic mass is 9.94. The van der Waals surface area contributed by atoms with Crippen molar-refractivity contribution in [3.05, 3.63) is 47.0 Å². The van der Waals surface area contributed by atoms with E-state index in [2.05, 4.69) is 28.0 Å². The van der Waals surface area contributed by atoms with E-state index in [0.29, 0.717) is 32.9 Å². The van der Waals surface area contributed by atoms with Gasteiger partial charge in [0.25, 0.3) is 0 Å². The summed E-state index contributed by atoms with van der Waals surface area (Å²) in [5.74, 6) is 5.88. The summed E-state index contributed by atoms with van der Waals surface area (Å²) < 4.78 is 46.7. The molecule has 0 heterocycles. The van der Waals surface area contributed by atoms with E-state index in [9.17, 15) is 23.2 Å². The number of nitriles is 1. The van der Waals surface area contributed by atoms with Gasteiger partial charge in [0.1, 0.15) is 17.4 Å². The first-order valence-corrected chi connectivity index (χ1v) is 11.2. The molecule has 2 rings (SSSR count). The standard InChI is InChI=1S/C25H25F3N2O3S/c1-6-7-12-34-22-16(2)20(17-8-10-19(11-9-17)32-25(26,27)28)13-18(21(22)14-29)15-30-23(31)33-24(3,4)5/h8-11,13H,12,15H2,1-5H3,(H,30,31). The lowest BCUT2D eigenvalue weighted by Crippen LogP contribution is -2.32. The Labute approximate surface area is 201 Å². The average molecular weight is 491 g/mol. The van der Waals surface area contributed by atoms with Crippen LogP contribution in [0, 0.1) is 30.1 Å². The molecule has 0 unspecified atom stereocenters. The third-order valence-electron chi connectivity index (χ3n) is 4.41. The van der Waals surface area contributed by atoms with Gasteiger partial charge in [0.05, 0.1) is 11.3 Å². The molecule has 1 amide bonds. The highest BCUT2D eigenvalue weighted by atomic mass is 32.2. The molecule has 0 aliphatic heterocycles. The summed E-state index contributed by atoms with van der Waals surface area (Å²) in [6.07, 6.45) is -5.41. The molecule has 0 saturated heterocycles. The number of thioether (sulfide) groups is 1. The van der Waals surface area contributed by atoms with Gasteiger partial charge in [-0.05, 0) is 75.1 Å². The quantitative estimate of drug-likeness (QED) is 0.366. The Kier molecular flexibility index (Phi) is 8.89. The van der Waals surface area contributed by atoms with Gasteiger partial charge in [-0.1, -0.05) is 18.1 Å². The van der Waals surface area contributed by atoms with Gasteiger partial charge in [0, 0.05) is 11.4 Å². The molecule has 2 aromatic rings. The maximum atomic E-state index is 12.5. The third-order valence-corrected chi connectivity index (χ3v) is 5.50. The minimum atomic E-state index is -4.78. The van der Waals surface area contributed by atoms with E-state index in [-0.39, 0.29) is 12.3 Å². The van der Waals surface area contributed by atoms with Gasteiger partial charge in [-0.3, -0.25) is 0 Å². The first-order chi connectivity index (χ1) is 15.8. The molecule has 0 bridgehead atoms. The SMILES string of the molecule is CC#CCSc1c(C)c(-c2ccc(OC(F)(F)F)cc2)cc(CNC(=O)OC(C)(C)C)c1C#N. The Hall–Kier alpha value is -3.30. The predicted octanol–water partition coefficient (Wildman–Crippen LogP) is 6.57. The zero-order valence-electron chi connectivity index (χ0n) is 19.5. The number of nitrogens with one attached hydrogen (secondary N) is 1. The number of ether oxygens (including phenoxy) is 2. The second-order valence-corrected chi connectivity index (χ2v) is 9.15. The topological polar surface area (TPSA) is 71.3 Å². The number of hydrogen-bond donors (Lipinski definition) is 1. The second-order valence-electron chi connectivity index (χ2n) is 8.17. The molecular formula is C25H25F3N2O3S. The molecule has 0 aliphatic carbocycles. The van der Waals surface area contributed by atoms with E-state index in [1.54, 1.807) is 33.8 Å². The van der Waals surface area contributed by atoms with Crippen LogP contribution < -0.4 is 10.1 Å². The van der Waals surface area contributed by atoms with Crippen molar-refractivity contribution in [1.29, 1.82) is 5.26 Å². The van der Waals surface area contributed by atoms with Crippen molar-refractivity contribution in [3.63, 3.8) is 0 Å². The first kappa shape index (κ1) is 26.9. The normalized spacial score (nSPS) is 11.1. The highest BCUT2D eigenvalue weighted by Crippen LogP contribution is 2.37. The summed E-state index contributed by atoms with van der Waals surface area (Å²) in [7, 11) is 0. The molecule has 2 aromatic carbocycles. The molecule has 0 atom stereocenters. The van der Waals surface area contributed by atoms with Gasteiger partial charge in [-0.25, -0.2) is 4.79 Å². The van der Waals surface area contributed by atoms with Gasteiger partial charge < -0.3 is 14.8 Å². The summed E-state index contributed by atoms with van der Waals surface area (Å²) in [5.41, 5.74) is 2.41. The third kappa shape index (κ3) is 7.93. The largest absolute Gasteiger partial charge is 0.573 e. The van der Waals surface area contributed by atoms with Gasteiger partial charge in [0.2, 0.25) is 0 Å². The summed E-state index contributed by atoms with van der Waals surface area (Å²) in [5, 5.41) is 12.5. The fourth-order valence-corrected chi connectivity index (χ4v) is 4.06. The first-order valence-electron chi connectivity index (χ1n) is 10.3. The zero-order valence-corrected chi connectivity index (χ0v) is 20.3. The van der Waals surface area contributed by atoms with Crippen LogP contribution in [0.15, 0.2) is 35.2 Å². The van der Waals surface area contributed by atoms with E-state index in [1.807, 2.05) is 6.92 Å². The Bertz CT molecular complexity index is 1140. The maximum absolute atomic E-state index is 12.5. The number of benzene rings is 2. The van der Waals surface area contributed by atoms with Crippen molar-refractivity contribution in [2.24, 2.45) is 0 Å². The smallest absolute Gasteiger partial charge is 0.444 e. The van der Waals surface area contributed by atoms with Crippen molar-refractivity contribution < 1.29 is 27.4 Å². The predicted molar refractivity (Wildman–Crippen MR) is 125 cm³/mol. The Morgan fingerprint density at radius 2 is 1.82 bits per heavy atom. The summed E-state index contributed by atoms with van der Waals surface area (Å²) in [4.78, 5) is 12.8. The molecule has 180 valence electrons. The molecule has 0 spiro atoms. The number of hydrogen-bond acceptors (Lipinski definition) is 5. The lowest BCUT2D eigenvalue weighted by molar-refractivity contribution is -0.274. The summed E-state index contributed by atoms with van der Waals surface area (Å²) in [6.45, 7) is 8.82. The number of rotatable bonds is 6. The number of carbonyl (C=O) groups excluding carboxylic acids is 1. The molecule has 5 nitrogen and oxygen atoms in total. The summed E-state index contributed by atoms with van der Waals surface area (Å²) in [6, 6.07) is 9.45. The lowest BCUT2D eigenvalue weighted by Gasteiger charge is -2.21. The minimum Gasteiger partial charge on any atom is -0.444 e. The molecule has 9 heteroatoms. The van der Waals surface area contributed by atoms with E-state index in [1.165, 1.54) is 36.0 Å². The molecule has 0 aromatic heterocycles. The molecule has 1 N–H and O–H groups in total. The van der Waals surface area contributed by atoms with E-state index in [0.717, 1.165) is 5.56 Å². The van der Waals surface area contributed by atoms with Crippen LogP contribution >= 0.6 is 11.8 Å². The average Bonchev–Trinajstić information content (AvgIpc) is 2.72. The second kappa shape index (κ2) is 11.2.